The molecule has 218 valence electrons. The average Bonchev–Trinajstić information content (AvgIpc) is 3.50. The highest BCUT2D eigenvalue weighted by Crippen LogP contribution is 2.35. The molecule has 0 amide bonds. The second-order valence-corrected chi connectivity index (χ2v) is 11.9. The molecule has 1 atom stereocenters. The van der Waals surface area contributed by atoms with E-state index < -0.39 is 12.0 Å². The second-order valence-electron chi connectivity index (χ2n) is 10.0. The normalized spacial score (nSPS) is 15.0. The molecule has 0 fully saturated rings. The van der Waals surface area contributed by atoms with Crippen LogP contribution < -0.4 is 19.6 Å². The number of para-hydroxylation sites is 2. The minimum atomic E-state index is -0.762. The molecule has 0 aliphatic carbocycles. The fourth-order valence-electron chi connectivity index (χ4n) is 5.47. The van der Waals surface area contributed by atoms with Crippen LogP contribution in [0.3, 0.4) is 0 Å². The van der Waals surface area contributed by atoms with Gasteiger partial charge in [-0.15, -0.1) is 0 Å². The number of hydrogen-bond donors (Lipinski definition) is 0. The summed E-state index contributed by atoms with van der Waals surface area (Å²) in [5, 5.41) is 2.15. The molecule has 0 saturated carbocycles. The highest BCUT2D eigenvalue weighted by molar-refractivity contribution is 7.07. The average molecular weight is 633 g/mol. The van der Waals surface area contributed by atoms with E-state index in [1.807, 2.05) is 72.9 Å². The number of halogens is 2. The summed E-state index contributed by atoms with van der Waals surface area (Å²) in [7, 11) is 1.57. The van der Waals surface area contributed by atoms with Gasteiger partial charge in [0.05, 0.1) is 29.5 Å². The number of rotatable bonds is 7. The van der Waals surface area contributed by atoms with Gasteiger partial charge in [0.15, 0.2) is 4.80 Å². The van der Waals surface area contributed by atoms with Crippen LogP contribution in [0.25, 0.3) is 17.0 Å². The third-order valence-electron chi connectivity index (χ3n) is 7.41. The molecule has 3 heterocycles. The number of thiazole rings is 1. The first-order valence-corrected chi connectivity index (χ1v) is 15.2. The molecular weight excluding hydrogens is 605 g/mol. The van der Waals surface area contributed by atoms with Gasteiger partial charge in [-0.2, -0.15) is 0 Å². The third-order valence-corrected chi connectivity index (χ3v) is 8.98. The zero-order valence-corrected chi connectivity index (χ0v) is 26.0. The molecule has 6 rings (SSSR count). The van der Waals surface area contributed by atoms with E-state index in [1.54, 1.807) is 31.6 Å². The van der Waals surface area contributed by atoms with Crippen molar-refractivity contribution in [2.75, 3.05) is 13.7 Å². The van der Waals surface area contributed by atoms with Crippen LogP contribution in [0.4, 0.5) is 0 Å². The summed E-state index contributed by atoms with van der Waals surface area (Å²) < 4.78 is 15.2. The van der Waals surface area contributed by atoms with Crippen LogP contribution in [0, 0.1) is 0 Å². The van der Waals surface area contributed by atoms with Gasteiger partial charge in [0.1, 0.15) is 11.8 Å². The van der Waals surface area contributed by atoms with Crippen molar-refractivity contribution < 1.29 is 14.3 Å². The molecular formula is C33H27Cl2N3O4S. The van der Waals surface area contributed by atoms with Gasteiger partial charge in [-0.25, -0.2) is 9.79 Å². The molecule has 7 nitrogen and oxygen atoms in total. The number of aromatic nitrogens is 2. The van der Waals surface area contributed by atoms with Gasteiger partial charge >= 0.3 is 5.97 Å². The number of fused-ring (bicyclic) bond motifs is 2. The highest BCUT2D eigenvalue weighted by atomic mass is 35.5. The van der Waals surface area contributed by atoms with Gasteiger partial charge in [0, 0.05) is 44.8 Å². The van der Waals surface area contributed by atoms with Crippen LogP contribution in [0.1, 0.15) is 36.6 Å². The van der Waals surface area contributed by atoms with Crippen molar-refractivity contribution in [3.63, 3.8) is 0 Å². The zero-order valence-electron chi connectivity index (χ0n) is 23.6. The van der Waals surface area contributed by atoms with E-state index in [4.69, 9.17) is 37.7 Å². The Kier molecular flexibility index (Phi) is 8.01. The maximum Gasteiger partial charge on any atom is 0.338 e. The molecule has 0 spiro atoms. The van der Waals surface area contributed by atoms with Gasteiger partial charge in [0.2, 0.25) is 0 Å². The Morgan fingerprint density at radius 2 is 1.86 bits per heavy atom. The Balaban J connectivity index is 1.53. The first-order chi connectivity index (χ1) is 20.8. The van der Waals surface area contributed by atoms with Crippen molar-refractivity contribution in [3.8, 4) is 5.75 Å². The molecule has 0 radical (unpaired) electrons. The SMILES string of the molecule is CCOC(=O)C1=C(C)N=c2s/c(=C/c3cn(Cc4ccc(Cl)cc4Cl)c4ccccc34)c(=O)n2[C@H]1c1ccccc1OC. The number of ether oxygens (including phenoxy) is 2. The van der Waals surface area contributed by atoms with Crippen LogP contribution in [0.2, 0.25) is 10.0 Å². The molecule has 1 aliphatic rings. The Labute approximate surface area is 261 Å². The Bertz CT molecular complexity index is 2110. The summed E-state index contributed by atoms with van der Waals surface area (Å²) in [5.41, 5.74) is 4.02. The third kappa shape index (κ3) is 5.31. The molecule has 0 N–H and O–H groups in total. The van der Waals surface area contributed by atoms with E-state index in [0.717, 1.165) is 22.0 Å². The number of nitrogens with zero attached hydrogens (tertiary/aromatic N) is 3. The first-order valence-electron chi connectivity index (χ1n) is 13.6. The molecule has 43 heavy (non-hydrogen) atoms. The van der Waals surface area contributed by atoms with Crippen molar-refractivity contribution in [2.45, 2.75) is 26.4 Å². The fraction of sp³-hybridized carbons (Fsp3) is 0.182. The number of benzene rings is 3. The Morgan fingerprint density at radius 1 is 1.09 bits per heavy atom. The van der Waals surface area contributed by atoms with Crippen molar-refractivity contribution in [2.24, 2.45) is 4.99 Å². The monoisotopic (exact) mass is 631 g/mol. The first kappa shape index (κ1) is 29.0. The van der Waals surface area contributed by atoms with Crippen LogP contribution >= 0.6 is 34.5 Å². The molecule has 0 bridgehead atoms. The maximum atomic E-state index is 14.2. The Morgan fingerprint density at radius 3 is 2.63 bits per heavy atom. The standard InChI is InChI=1S/C33H27Cl2N3O4S/c1-4-42-32(40)29-19(2)36-33-38(30(29)24-10-6-8-12-27(24)41-3)31(39)28(43-33)15-21-18-37(26-11-7-5-9-23(21)26)17-20-13-14-22(34)16-25(20)35/h5-16,18,30H,4,17H2,1-3H3/b28-15+/t30-/m0/s1. The van der Waals surface area contributed by atoms with E-state index in [2.05, 4.69) is 4.57 Å². The summed E-state index contributed by atoms with van der Waals surface area (Å²) in [6.45, 7) is 4.24. The van der Waals surface area contributed by atoms with E-state index in [1.165, 1.54) is 11.3 Å². The van der Waals surface area contributed by atoms with Gasteiger partial charge in [-0.3, -0.25) is 9.36 Å². The lowest BCUT2D eigenvalue weighted by Gasteiger charge is -2.25. The van der Waals surface area contributed by atoms with Gasteiger partial charge in [-0.1, -0.05) is 77.0 Å². The second kappa shape index (κ2) is 11.9. The minimum Gasteiger partial charge on any atom is -0.496 e. The maximum absolute atomic E-state index is 14.2. The molecule has 3 aromatic carbocycles. The summed E-state index contributed by atoms with van der Waals surface area (Å²) in [4.78, 5) is 32.6. The van der Waals surface area contributed by atoms with Crippen LogP contribution in [-0.4, -0.2) is 28.8 Å². The van der Waals surface area contributed by atoms with Crippen LogP contribution in [-0.2, 0) is 16.1 Å². The van der Waals surface area contributed by atoms with E-state index >= 15 is 0 Å². The van der Waals surface area contributed by atoms with Crippen LogP contribution in [0.5, 0.6) is 5.75 Å². The summed E-state index contributed by atoms with van der Waals surface area (Å²) in [6, 6.07) is 20.1. The summed E-state index contributed by atoms with van der Waals surface area (Å²) >= 11 is 13.9. The lowest BCUT2D eigenvalue weighted by Crippen LogP contribution is -2.40. The number of carbonyl (C=O) groups is 1. The fourth-order valence-corrected chi connectivity index (χ4v) is 6.98. The quantitative estimate of drug-likeness (QED) is 0.203. The molecule has 1 aliphatic heterocycles. The summed E-state index contributed by atoms with van der Waals surface area (Å²) in [6.07, 6.45) is 3.90. The van der Waals surface area contributed by atoms with Crippen molar-refractivity contribution in [1.29, 1.82) is 0 Å². The number of allylic oxidation sites excluding steroid dienone is 1. The van der Waals surface area contributed by atoms with Crippen molar-refractivity contribution in [1.82, 2.24) is 9.13 Å². The predicted octanol–water partition coefficient (Wildman–Crippen LogP) is 6.12. The van der Waals surface area contributed by atoms with Crippen molar-refractivity contribution >= 4 is 57.5 Å². The van der Waals surface area contributed by atoms with Crippen molar-refractivity contribution in [3.05, 3.63) is 131 Å². The van der Waals surface area contributed by atoms with E-state index in [0.29, 0.717) is 48.5 Å². The number of esters is 1. The number of methoxy groups -OCH3 is 1. The molecule has 0 saturated heterocycles. The predicted molar refractivity (Wildman–Crippen MR) is 171 cm³/mol. The molecule has 5 aromatic rings. The smallest absolute Gasteiger partial charge is 0.338 e. The highest BCUT2D eigenvalue weighted by Gasteiger charge is 2.35. The minimum absolute atomic E-state index is 0.198. The summed E-state index contributed by atoms with van der Waals surface area (Å²) in [5.74, 6) is 0.0420. The lowest BCUT2D eigenvalue weighted by molar-refractivity contribution is -0.139. The molecule has 0 unspecified atom stereocenters. The molecule has 10 heteroatoms. The lowest BCUT2D eigenvalue weighted by atomic mass is 9.95. The van der Waals surface area contributed by atoms with E-state index in [-0.39, 0.29) is 12.2 Å². The zero-order chi connectivity index (χ0) is 30.2. The largest absolute Gasteiger partial charge is 0.496 e. The number of hydrogen-bond acceptors (Lipinski definition) is 6. The molecule has 2 aromatic heterocycles. The Hall–Kier alpha value is -4.11. The van der Waals surface area contributed by atoms with Gasteiger partial charge in [-0.05, 0) is 49.8 Å². The van der Waals surface area contributed by atoms with Crippen LogP contribution in [0.15, 0.2) is 94.0 Å². The van der Waals surface area contributed by atoms with Gasteiger partial charge in [0.25, 0.3) is 5.56 Å². The van der Waals surface area contributed by atoms with E-state index in [9.17, 15) is 9.59 Å². The number of carbonyl (C=O) groups excluding carboxylic acids is 1. The van der Waals surface area contributed by atoms with Gasteiger partial charge < -0.3 is 14.0 Å². The topological polar surface area (TPSA) is 74.8 Å².